The smallest absolute Gasteiger partial charge is 0.105 e. The van der Waals surface area contributed by atoms with E-state index in [1.54, 1.807) is 0 Å². The van der Waals surface area contributed by atoms with Crippen molar-refractivity contribution in [2.45, 2.75) is 0 Å². The highest BCUT2D eigenvalue weighted by Crippen LogP contribution is 2.24. The van der Waals surface area contributed by atoms with Crippen molar-refractivity contribution >= 4 is 32.7 Å². The molecule has 1 N–H and O–H groups in total. The first-order valence-electron chi connectivity index (χ1n) is 3.62. The number of aromatic amines is 1. The van der Waals surface area contributed by atoms with Crippen LogP contribution in [-0.2, 0) is 0 Å². The van der Waals surface area contributed by atoms with Crippen LogP contribution in [0.1, 0.15) is 0 Å². The molecule has 0 amide bonds. The standard InChI is InChI=1S/C8H5N3S/c1-2-6-8(12-11-10-6)7-5(1)3-4-9-7/h1-4,11H. The molecule has 0 fully saturated rings. The van der Waals surface area contributed by atoms with E-state index in [1.807, 2.05) is 24.4 Å². The Morgan fingerprint density at radius 1 is 1.25 bits per heavy atom. The first-order valence-corrected chi connectivity index (χ1v) is 4.44. The van der Waals surface area contributed by atoms with Crippen molar-refractivity contribution in [3.8, 4) is 0 Å². The van der Waals surface area contributed by atoms with E-state index in [1.165, 1.54) is 16.9 Å². The summed E-state index contributed by atoms with van der Waals surface area (Å²) in [7, 11) is 0. The number of benzene rings is 1. The van der Waals surface area contributed by atoms with Crippen LogP contribution >= 0.6 is 11.5 Å². The Labute approximate surface area is 72.2 Å². The molecule has 2 aromatic heterocycles. The lowest BCUT2D eigenvalue weighted by atomic mass is 10.2. The fourth-order valence-corrected chi connectivity index (χ4v) is 2.06. The van der Waals surface area contributed by atoms with E-state index in [0.717, 1.165) is 15.7 Å². The largest absolute Gasteiger partial charge is 0.255 e. The molecular formula is C8H5N3S. The molecule has 0 radical (unpaired) electrons. The maximum absolute atomic E-state index is 4.27. The maximum Gasteiger partial charge on any atom is 0.105 e. The van der Waals surface area contributed by atoms with Gasteiger partial charge in [-0.1, -0.05) is 6.07 Å². The zero-order chi connectivity index (χ0) is 7.97. The second kappa shape index (κ2) is 2.04. The van der Waals surface area contributed by atoms with Crippen molar-refractivity contribution in [1.29, 1.82) is 0 Å². The van der Waals surface area contributed by atoms with Gasteiger partial charge in [-0.05, 0) is 23.7 Å². The molecule has 0 atom stereocenters. The summed E-state index contributed by atoms with van der Waals surface area (Å²) < 4.78 is 4.01. The number of H-pyrrole nitrogens is 1. The summed E-state index contributed by atoms with van der Waals surface area (Å²) in [5.74, 6) is 0. The molecule has 0 aliphatic heterocycles. The van der Waals surface area contributed by atoms with Gasteiger partial charge in [-0.15, -0.1) is 0 Å². The molecule has 0 aliphatic carbocycles. The molecule has 1 aromatic carbocycles. The average Bonchev–Trinajstić information content (AvgIpc) is 2.71. The maximum atomic E-state index is 4.27. The predicted molar refractivity (Wildman–Crippen MR) is 49.3 cm³/mol. The first-order chi connectivity index (χ1) is 5.95. The lowest BCUT2D eigenvalue weighted by Crippen LogP contribution is -1.69. The molecule has 58 valence electrons. The molecule has 3 aromatic rings. The number of fused-ring (bicyclic) bond motifs is 3. The van der Waals surface area contributed by atoms with Gasteiger partial charge >= 0.3 is 0 Å². The van der Waals surface area contributed by atoms with Crippen LogP contribution in [0.3, 0.4) is 0 Å². The molecule has 3 nitrogen and oxygen atoms in total. The summed E-state index contributed by atoms with van der Waals surface area (Å²) in [6.07, 6.45) is 1.82. The van der Waals surface area contributed by atoms with E-state index in [9.17, 15) is 0 Å². The third-order valence-corrected chi connectivity index (χ3v) is 2.70. The van der Waals surface area contributed by atoms with Gasteiger partial charge < -0.3 is 0 Å². The molecule has 2 heterocycles. The van der Waals surface area contributed by atoms with Gasteiger partial charge in [0.1, 0.15) is 5.52 Å². The Hall–Kier alpha value is -1.42. The molecule has 0 unspecified atom stereocenters. The molecule has 0 bridgehead atoms. The lowest BCUT2D eigenvalue weighted by Gasteiger charge is -1.87. The summed E-state index contributed by atoms with van der Waals surface area (Å²) in [6, 6.07) is 6.05. The van der Waals surface area contributed by atoms with Gasteiger partial charge in [-0.2, -0.15) is 5.10 Å². The van der Waals surface area contributed by atoms with Gasteiger partial charge in [0.2, 0.25) is 0 Å². The first kappa shape index (κ1) is 6.14. The van der Waals surface area contributed by atoms with Crippen LogP contribution in [0.5, 0.6) is 0 Å². The zero-order valence-corrected chi connectivity index (χ0v) is 6.93. The van der Waals surface area contributed by atoms with E-state index in [4.69, 9.17) is 0 Å². The van der Waals surface area contributed by atoms with Gasteiger partial charge in [-0.3, -0.25) is 4.98 Å². The molecule has 12 heavy (non-hydrogen) atoms. The van der Waals surface area contributed by atoms with Gasteiger partial charge in [0.15, 0.2) is 0 Å². The Balaban J connectivity index is 2.71. The van der Waals surface area contributed by atoms with Gasteiger partial charge in [0, 0.05) is 11.6 Å². The van der Waals surface area contributed by atoms with E-state index in [2.05, 4.69) is 14.6 Å². The van der Waals surface area contributed by atoms with E-state index >= 15 is 0 Å². The second-order valence-electron chi connectivity index (χ2n) is 2.60. The average molecular weight is 175 g/mol. The Morgan fingerprint density at radius 3 is 3.25 bits per heavy atom. The van der Waals surface area contributed by atoms with Gasteiger partial charge in [0.05, 0.1) is 10.2 Å². The third-order valence-electron chi connectivity index (χ3n) is 1.91. The quantitative estimate of drug-likeness (QED) is 0.569. The summed E-state index contributed by atoms with van der Waals surface area (Å²) in [4.78, 5) is 4.27. The molecule has 0 saturated carbocycles. The molecular weight excluding hydrogens is 170 g/mol. The van der Waals surface area contributed by atoms with E-state index < -0.39 is 0 Å². The normalized spacial score (nSPS) is 11.3. The van der Waals surface area contributed by atoms with Crippen LogP contribution < -0.4 is 0 Å². The zero-order valence-electron chi connectivity index (χ0n) is 6.11. The van der Waals surface area contributed by atoms with Crippen molar-refractivity contribution in [3.05, 3.63) is 24.4 Å². The SMILES string of the molecule is c1cc2ccc3n[nH]sc3c2n1. The Bertz CT molecular complexity index is 487. The number of hydrogen-bond acceptors (Lipinski definition) is 3. The number of rotatable bonds is 0. The van der Waals surface area contributed by atoms with Crippen molar-refractivity contribution in [2.24, 2.45) is 0 Å². The van der Waals surface area contributed by atoms with Crippen molar-refractivity contribution in [3.63, 3.8) is 0 Å². The lowest BCUT2D eigenvalue weighted by molar-refractivity contribution is 1.20. The minimum Gasteiger partial charge on any atom is -0.255 e. The summed E-state index contributed by atoms with van der Waals surface area (Å²) in [6.45, 7) is 0. The topological polar surface area (TPSA) is 41.6 Å². The monoisotopic (exact) mass is 175 g/mol. The number of hydrogen-bond donors (Lipinski definition) is 1. The van der Waals surface area contributed by atoms with Crippen LogP contribution in [0, 0.1) is 0 Å². The number of nitrogens with zero attached hydrogens (tertiary/aromatic N) is 2. The van der Waals surface area contributed by atoms with Gasteiger partial charge in [-0.25, -0.2) is 4.49 Å². The predicted octanol–water partition coefficient (Wildman–Crippen LogP) is 2.17. The van der Waals surface area contributed by atoms with Crippen LogP contribution in [0.25, 0.3) is 21.1 Å². The second-order valence-corrected chi connectivity index (χ2v) is 3.40. The number of nitrogens with one attached hydrogen (secondary N) is 1. The minimum absolute atomic E-state index is 0.992. The fourth-order valence-electron chi connectivity index (χ4n) is 1.34. The highest BCUT2D eigenvalue weighted by Gasteiger charge is 2.03. The highest BCUT2D eigenvalue weighted by molar-refractivity contribution is 7.14. The Kier molecular flexibility index (Phi) is 1.04. The van der Waals surface area contributed by atoms with Crippen LogP contribution in [0.15, 0.2) is 24.4 Å². The van der Waals surface area contributed by atoms with Crippen molar-refractivity contribution in [2.75, 3.05) is 0 Å². The molecule has 3 rings (SSSR count). The Morgan fingerprint density at radius 2 is 2.25 bits per heavy atom. The summed E-state index contributed by atoms with van der Waals surface area (Å²) in [5.41, 5.74) is 2.04. The molecule has 0 spiro atoms. The number of aromatic nitrogens is 3. The molecule has 4 heteroatoms. The minimum atomic E-state index is 0.992. The summed E-state index contributed by atoms with van der Waals surface area (Å²) in [5, 5.41) is 5.28. The van der Waals surface area contributed by atoms with Crippen LogP contribution in [-0.4, -0.2) is 14.6 Å². The van der Waals surface area contributed by atoms with Gasteiger partial charge in [0.25, 0.3) is 0 Å². The fraction of sp³-hybridized carbons (Fsp3) is 0. The molecule has 0 aliphatic rings. The van der Waals surface area contributed by atoms with Crippen molar-refractivity contribution in [1.82, 2.24) is 14.6 Å². The highest BCUT2D eigenvalue weighted by atomic mass is 32.1. The van der Waals surface area contributed by atoms with E-state index in [0.29, 0.717) is 0 Å². The third kappa shape index (κ3) is 0.648. The summed E-state index contributed by atoms with van der Waals surface area (Å²) >= 11 is 1.52. The van der Waals surface area contributed by atoms with E-state index in [-0.39, 0.29) is 0 Å². The van der Waals surface area contributed by atoms with Crippen molar-refractivity contribution < 1.29 is 0 Å². The van der Waals surface area contributed by atoms with Crippen LogP contribution in [0.2, 0.25) is 0 Å². The van der Waals surface area contributed by atoms with Crippen LogP contribution in [0.4, 0.5) is 0 Å². The molecule has 0 saturated heterocycles.